The molecule has 126 valence electrons. The number of nitrogens with one attached hydrogen (secondary N) is 1. The first-order valence-electron chi connectivity index (χ1n) is 7.32. The van der Waals surface area contributed by atoms with Crippen molar-refractivity contribution in [2.24, 2.45) is 0 Å². The molecule has 3 heterocycles. The Balaban J connectivity index is 1.82. The summed E-state index contributed by atoms with van der Waals surface area (Å²) in [6, 6.07) is 7.81. The van der Waals surface area contributed by atoms with E-state index in [0.29, 0.717) is 17.8 Å². The van der Waals surface area contributed by atoms with Gasteiger partial charge in [-0.1, -0.05) is 17.2 Å². The number of H-pyrrole nitrogens is 1. The van der Waals surface area contributed by atoms with Crippen LogP contribution in [0, 0.1) is 5.82 Å². The lowest BCUT2D eigenvalue weighted by atomic mass is 10.1. The van der Waals surface area contributed by atoms with Gasteiger partial charge in [-0.3, -0.25) is 0 Å². The van der Waals surface area contributed by atoms with Gasteiger partial charge in [0.2, 0.25) is 0 Å². The van der Waals surface area contributed by atoms with Gasteiger partial charge < -0.3 is 4.74 Å². The Kier molecular flexibility index (Phi) is 3.49. The number of benzene rings is 1. The van der Waals surface area contributed by atoms with Crippen molar-refractivity contribution in [3.05, 3.63) is 64.0 Å². The van der Waals surface area contributed by atoms with Crippen molar-refractivity contribution in [3.8, 4) is 11.7 Å². The summed E-state index contributed by atoms with van der Waals surface area (Å²) >= 11 is 0. The third-order valence-electron chi connectivity index (χ3n) is 3.76. The zero-order chi connectivity index (χ0) is 17.4. The van der Waals surface area contributed by atoms with Gasteiger partial charge in [0.15, 0.2) is 5.65 Å². The second-order valence-electron chi connectivity index (χ2n) is 5.32. The monoisotopic (exact) mass is 341 g/mol. The fraction of sp³-hybridized carbons (Fsp3) is 0.133. The Morgan fingerprint density at radius 3 is 2.76 bits per heavy atom. The van der Waals surface area contributed by atoms with Gasteiger partial charge in [-0.05, 0) is 28.1 Å². The number of hydrogen-bond donors (Lipinski definition) is 1. The Morgan fingerprint density at radius 1 is 1.28 bits per heavy atom. The summed E-state index contributed by atoms with van der Waals surface area (Å²) in [5.74, 6) is 0.391. The van der Waals surface area contributed by atoms with Crippen LogP contribution >= 0.6 is 0 Å². The zero-order valence-electron chi connectivity index (χ0n) is 13.0. The molecule has 0 saturated heterocycles. The molecule has 25 heavy (non-hydrogen) atoms. The first-order valence-corrected chi connectivity index (χ1v) is 7.32. The average Bonchev–Trinajstić information content (AvgIpc) is 3.25. The predicted octanol–water partition coefficient (Wildman–Crippen LogP) is 0.737. The van der Waals surface area contributed by atoms with E-state index in [1.165, 1.54) is 23.6 Å². The molecule has 0 bridgehead atoms. The first-order chi connectivity index (χ1) is 12.2. The minimum atomic E-state index is -0.420. The van der Waals surface area contributed by atoms with E-state index in [2.05, 4.69) is 25.7 Å². The van der Waals surface area contributed by atoms with Crippen LogP contribution in [0.25, 0.3) is 11.6 Å². The molecular formula is C15H12FN7O2. The highest BCUT2D eigenvalue weighted by Crippen LogP contribution is 2.22. The second kappa shape index (κ2) is 5.82. The number of fused-ring (bicyclic) bond motifs is 1. The molecule has 1 N–H and O–H groups in total. The van der Waals surface area contributed by atoms with Crippen LogP contribution in [0.2, 0.25) is 0 Å². The Morgan fingerprint density at radius 2 is 2.08 bits per heavy atom. The number of halogens is 1. The van der Waals surface area contributed by atoms with Gasteiger partial charge in [-0.25, -0.2) is 18.7 Å². The van der Waals surface area contributed by atoms with E-state index in [4.69, 9.17) is 4.74 Å². The number of hydrogen-bond acceptors (Lipinski definition) is 6. The van der Waals surface area contributed by atoms with Crippen LogP contribution in [0.3, 0.4) is 0 Å². The number of rotatable bonds is 4. The molecule has 0 radical (unpaired) electrons. The zero-order valence-corrected chi connectivity index (χ0v) is 13.0. The third-order valence-corrected chi connectivity index (χ3v) is 3.76. The van der Waals surface area contributed by atoms with Crippen LogP contribution in [0.4, 0.5) is 4.39 Å². The summed E-state index contributed by atoms with van der Waals surface area (Å²) in [6.07, 6.45) is 2.12. The Hall–Kier alpha value is -3.56. The van der Waals surface area contributed by atoms with Gasteiger partial charge in [-0.2, -0.15) is 0 Å². The number of methoxy groups -OCH3 is 1. The van der Waals surface area contributed by atoms with Crippen LogP contribution in [0.15, 0.2) is 41.3 Å². The van der Waals surface area contributed by atoms with Crippen molar-refractivity contribution < 1.29 is 9.13 Å². The molecule has 0 spiro atoms. The van der Waals surface area contributed by atoms with Gasteiger partial charge in [-0.15, -0.1) is 9.78 Å². The van der Waals surface area contributed by atoms with E-state index >= 15 is 0 Å². The molecule has 9 nitrogen and oxygen atoms in total. The number of ether oxygens (including phenoxy) is 1. The van der Waals surface area contributed by atoms with Crippen molar-refractivity contribution in [1.29, 1.82) is 0 Å². The van der Waals surface area contributed by atoms with Crippen molar-refractivity contribution in [1.82, 2.24) is 34.8 Å². The van der Waals surface area contributed by atoms with Crippen molar-refractivity contribution in [3.63, 3.8) is 0 Å². The summed E-state index contributed by atoms with van der Waals surface area (Å²) in [4.78, 5) is 12.5. The molecule has 10 heteroatoms. The van der Waals surface area contributed by atoms with Crippen molar-refractivity contribution >= 4 is 5.65 Å². The lowest BCUT2D eigenvalue weighted by Crippen LogP contribution is -2.20. The second-order valence-corrected chi connectivity index (χ2v) is 5.32. The number of tetrazole rings is 1. The summed E-state index contributed by atoms with van der Waals surface area (Å²) in [5.41, 5.74) is 1.62. The molecule has 0 unspecified atom stereocenters. The fourth-order valence-corrected chi connectivity index (χ4v) is 2.57. The molecule has 1 aromatic carbocycles. The summed E-state index contributed by atoms with van der Waals surface area (Å²) in [6.45, 7) is 0. The quantitative estimate of drug-likeness (QED) is 0.587. The van der Waals surface area contributed by atoms with Gasteiger partial charge in [0.1, 0.15) is 11.6 Å². The molecule has 0 saturated carbocycles. The van der Waals surface area contributed by atoms with E-state index in [1.807, 2.05) is 0 Å². The Bertz CT molecular complexity index is 1080. The highest BCUT2D eigenvalue weighted by molar-refractivity contribution is 5.49. The molecule has 0 aliphatic heterocycles. The predicted molar refractivity (Wildman–Crippen MR) is 84.3 cm³/mol. The van der Waals surface area contributed by atoms with Crippen LogP contribution in [-0.2, 0) is 6.42 Å². The lowest BCUT2D eigenvalue weighted by Gasteiger charge is -2.09. The van der Waals surface area contributed by atoms with Gasteiger partial charge >= 0.3 is 5.69 Å². The summed E-state index contributed by atoms with van der Waals surface area (Å²) in [5, 5.41) is 17.2. The number of aromatic amines is 1. The minimum absolute atomic E-state index is 0.118. The standard InChI is InChI=1S/C15H12FN7O2/c1-25-12-7-13-19-23(14-17-20-21-18-14)15(24)22(13)8-10(12)6-9-2-4-11(16)5-3-9/h2-5,7-8H,6H2,1H3,(H,17,18,20,21). The molecule has 0 amide bonds. The van der Waals surface area contributed by atoms with E-state index in [9.17, 15) is 9.18 Å². The molecule has 4 aromatic rings. The Labute approximate surface area is 139 Å². The normalized spacial score (nSPS) is 11.1. The molecule has 0 atom stereocenters. The van der Waals surface area contributed by atoms with E-state index in [1.54, 1.807) is 24.4 Å². The van der Waals surface area contributed by atoms with Crippen LogP contribution < -0.4 is 10.4 Å². The van der Waals surface area contributed by atoms with E-state index in [-0.39, 0.29) is 11.8 Å². The van der Waals surface area contributed by atoms with Gasteiger partial charge in [0.05, 0.1) is 7.11 Å². The third kappa shape index (κ3) is 2.63. The highest BCUT2D eigenvalue weighted by Gasteiger charge is 2.15. The molecule has 0 aliphatic carbocycles. The number of aromatic nitrogens is 7. The minimum Gasteiger partial charge on any atom is -0.496 e. The lowest BCUT2D eigenvalue weighted by molar-refractivity contribution is 0.410. The molecule has 3 aromatic heterocycles. The average molecular weight is 341 g/mol. The maximum atomic E-state index is 13.1. The van der Waals surface area contributed by atoms with E-state index < -0.39 is 5.69 Å². The topological polar surface area (TPSA) is 103 Å². The molecular weight excluding hydrogens is 329 g/mol. The summed E-state index contributed by atoms with van der Waals surface area (Å²) in [7, 11) is 1.54. The van der Waals surface area contributed by atoms with E-state index in [0.717, 1.165) is 15.8 Å². The van der Waals surface area contributed by atoms with Crippen LogP contribution in [0.5, 0.6) is 5.75 Å². The van der Waals surface area contributed by atoms with Gasteiger partial charge in [0.25, 0.3) is 5.95 Å². The largest absolute Gasteiger partial charge is 0.496 e. The van der Waals surface area contributed by atoms with Crippen LogP contribution in [0.1, 0.15) is 11.1 Å². The smallest absolute Gasteiger partial charge is 0.357 e. The first kappa shape index (κ1) is 15.0. The maximum absolute atomic E-state index is 13.1. The van der Waals surface area contributed by atoms with Gasteiger partial charge in [0, 0.05) is 24.2 Å². The summed E-state index contributed by atoms with van der Waals surface area (Å²) < 4.78 is 20.9. The van der Waals surface area contributed by atoms with Crippen LogP contribution in [-0.4, -0.2) is 41.9 Å². The molecule has 0 aliphatic rings. The number of nitrogens with zero attached hydrogens (tertiary/aromatic N) is 6. The fourth-order valence-electron chi connectivity index (χ4n) is 2.57. The number of pyridine rings is 1. The van der Waals surface area contributed by atoms with Crippen molar-refractivity contribution in [2.45, 2.75) is 6.42 Å². The maximum Gasteiger partial charge on any atom is 0.357 e. The highest BCUT2D eigenvalue weighted by atomic mass is 19.1. The van der Waals surface area contributed by atoms with Crippen molar-refractivity contribution in [2.75, 3.05) is 7.11 Å². The molecule has 0 fully saturated rings. The SMILES string of the molecule is COc1cc2nn(-c3nnn[nH]3)c(=O)n2cc1Cc1ccc(F)cc1. The molecule has 4 rings (SSSR count).